The number of hydrogen-bond acceptors (Lipinski definition) is 4. The summed E-state index contributed by atoms with van der Waals surface area (Å²) in [4.78, 5) is 26.9. The summed E-state index contributed by atoms with van der Waals surface area (Å²) in [6.45, 7) is 4.15. The smallest absolute Gasteiger partial charge is 0.335 e. The van der Waals surface area contributed by atoms with E-state index >= 15 is 0 Å². The molecule has 0 saturated heterocycles. The van der Waals surface area contributed by atoms with Crippen molar-refractivity contribution in [1.82, 2.24) is 9.55 Å². The highest BCUT2D eigenvalue weighted by molar-refractivity contribution is 5.87. The first-order chi connectivity index (χ1) is 9.97. The molecule has 0 aliphatic carbocycles. The van der Waals surface area contributed by atoms with E-state index < -0.39 is 5.97 Å². The van der Waals surface area contributed by atoms with E-state index in [1.54, 1.807) is 26.0 Å². The Morgan fingerprint density at radius 1 is 1.33 bits per heavy atom. The first-order valence-electron chi connectivity index (χ1n) is 6.48. The maximum absolute atomic E-state index is 11.8. The first kappa shape index (κ1) is 14.8. The van der Waals surface area contributed by atoms with Gasteiger partial charge in [0, 0.05) is 11.8 Å². The molecular formula is C15H16N2O4. The molecule has 1 aromatic heterocycles. The van der Waals surface area contributed by atoms with Gasteiger partial charge in [-0.25, -0.2) is 9.78 Å². The molecule has 6 nitrogen and oxygen atoms in total. The fraction of sp³-hybridized carbons (Fsp3) is 0.267. The van der Waals surface area contributed by atoms with Crippen LogP contribution >= 0.6 is 0 Å². The van der Waals surface area contributed by atoms with Crippen molar-refractivity contribution in [2.45, 2.75) is 20.4 Å². The summed E-state index contributed by atoms with van der Waals surface area (Å²) < 4.78 is 7.01. The molecule has 1 heterocycles. The fourth-order valence-corrected chi connectivity index (χ4v) is 2.01. The number of aryl methyl sites for hydroxylation is 2. The Morgan fingerprint density at radius 3 is 2.76 bits per heavy atom. The molecule has 0 aliphatic rings. The second-order valence-corrected chi connectivity index (χ2v) is 4.62. The van der Waals surface area contributed by atoms with Crippen molar-refractivity contribution in [1.29, 1.82) is 0 Å². The average Bonchev–Trinajstić information content (AvgIpc) is 2.42. The molecule has 2 aromatic rings. The van der Waals surface area contributed by atoms with Crippen molar-refractivity contribution in [3.63, 3.8) is 0 Å². The Bertz CT molecular complexity index is 722. The number of benzene rings is 1. The number of carboxylic acid groups (broad SMARTS) is 1. The monoisotopic (exact) mass is 288 g/mol. The van der Waals surface area contributed by atoms with Crippen molar-refractivity contribution >= 4 is 5.97 Å². The van der Waals surface area contributed by atoms with Gasteiger partial charge in [-0.3, -0.25) is 9.36 Å². The lowest BCUT2D eigenvalue weighted by Crippen LogP contribution is -2.26. The summed E-state index contributed by atoms with van der Waals surface area (Å²) >= 11 is 0. The topological polar surface area (TPSA) is 81.4 Å². The Morgan fingerprint density at radius 2 is 2.10 bits per heavy atom. The highest BCUT2D eigenvalue weighted by Gasteiger charge is 2.05. The summed E-state index contributed by atoms with van der Waals surface area (Å²) in [5, 5.41) is 8.90. The van der Waals surface area contributed by atoms with Gasteiger partial charge in [-0.1, -0.05) is 6.07 Å². The molecule has 0 unspecified atom stereocenters. The number of nitrogens with zero attached hydrogens (tertiary/aromatic N) is 2. The van der Waals surface area contributed by atoms with E-state index in [0.717, 1.165) is 0 Å². The van der Waals surface area contributed by atoms with E-state index in [1.807, 2.05) is 0 Å². The van der Waals surface area contributed by atoms with Gasteiger partial charge >= 0.3 is 5.97 Å². The summed E-state index contributed by atoms with van der Waals surface area (Å²) in [7, 11) is 0. The number of carboxylic acids is 1. The molecule has 0 bridgehead atoms. The summed E-state index contributed by atoms with van der Waals surface area (Å²) in [5.74, 6) is 0.0822. The average molecular weight is 288 g/mol. The summed E-state index contributed by atoms with van der Waals surface area (Å²) in [6.07, 6.45) is 0. The number of hydrogen-bond donors (Lipinski definition) is 1. The Kier molecular flexibility index (Phi) is 4.37. The minimum atomic E-state index is -1.00. The van der Waals surface area contributed by atoms with E-state index in [-0.39, 0.29) is 17.7 Å². The SMILES string of the molecule is Cc1cc(=O)n(CCOc2cccc(C(=O)O)c2)c(C)n1. The third kappa shape index (κ3) is 3.68. The molecule has 0 fully saturated rings. The lowest BCUT2D eigenvalue weighted by molar-refractivity contribution is 0.0696. The van der Waals surface area contributed by atoms with Gasteiger partial charge in [0.15, 0.2) is 0 Å². The number of carbonyl (C=O) groups is 1. The third-order valence-electron chi connectivity index (χ3n) is 2.99. The van der Waals surface area contributed by atoms with Gasteiger partial charge in [0.1, 0.15) is 18.2 Å². The molecule has 0 radical (unpaired) electrons. The van der Waals surface area contributed by atoms with Crippen LogP contribution in [0, 0.1) is 13.8 Å². The molecular weight excluding hydrogens is 272 g/mol. The zero-order valence-corrected chi connectivity index (χ0v) is 11.9. The predicted molar refractivity (Wildman–Crippen MR) is 76.9 cm³/mol. The summed E-state index contributed by atoms with van der Waals surface area (Å²) in [6, 6.07) is 7.70. The molecule has 110 valence electrons. The van der Waals surface area contributed by atoms with E-state index in [9.17, 15) is 9.59 Å². The normalized spacial score (nSPS) is 10.4. The van der Waals surface area contributed by atoms with Gasteiger partial charge in [-0.15, -0.1) is 0 Å². The Balaban J connectivity index is 2.04. The van der Waals surface area contributed by atoms with E-state index in [4.69, 9.17) is 9.84 Å². The Hall–Kier alpha value is -2.63. The van der Waals surface area contributed by atoms with Crippen LogP contribution in [0.25, 0.3) is 0 Å². The van der Waals surface area contributed by atoms with Crippen molar-refractivity contribution in [3.05, 3.63) is 57.8 Å². The third-order valence-corrected chi connectivity index (χ3v) is 2.99. The van der Waals surface area contributed by atoms with E-state index in [0.29, 0.717) is 23.8 Å². The zero-order chi connectivity index (χ0) is 15.4. The summed E-state index contributed by atoms with van der Waals surface area (Å²) in [5.41, 5.74) is 0.726. The quantitative estimate of drug-likeness (QED) is 0.904. The molecule has 0 atom stereocenters. The van der Waals surface area contributed by atoms with Crippen molar-refractivity contribution in [2.75, 3.05) is 6.61 Å². The second kappa shape index (κ2) is 6.21. The highest BCUT2D eigenvalue weighted by atomic mass is 16.5. The first-order valence-corrected chi connectivity index (χ1v) is 6.48. The number of aromatic nitrogens is 2. The minimum Gasteiger partial charge on any atom is -0.492 e. The van der Waals surface area contributed by atoms with Crippen LogP contribution < -0.4 is 10.3 Å². The maximum atomic E-state index is 11.8. The van der Waals surface area contributed by atoms with Gasteiger partial charge in [0.05, 0.1) is 12.1 Å². The molecule has 6 heteroatoms. The number of aromatic carboxylic acids is 1. The second-order valence-electron chi connectivity index (χ2n) is 4.62. The van der Waals surface area contributed by atoms with Gasteiger partial charge in [-0.2, -0.15) is 0 Å². The molecule has 1 N–H and O–H groups in total. The van der Waals surface area contributed by atoms with Crippen LogP contribution in [0.3, 0.4) is 0 Å². The van der Waals surface area contributed by atoms with Crippen LogP contribution in [0.5, 0.6) is 5.75 Å². The maximum Gasteiger partial charge on any atom is 0.335 e. The van der Waals surface area contributed by atoms with Crippen molar-refractivity contribution in [3.8, 4) is 5.75 Å². The number of rotatable bonds is 5. The lowest BCUT2D eigenvalue weighted by atomic mass is 10.2. The van der Waals surface area contributed by atoms with E-state index in [1.165, 1.54) is 22.8 Å². The fourth-order valence-electron chi connectivity index (χ4n) is 2.01. The van der Waals surface area contributed by atoms with Crippen LogP contribution in [-0.2, 0) is 6.54 Å². The van der Waals surface area contributed by atoms with Crippen molar-refractivity contribution < 1.29 is 14.6 Å². The van der Waals surface area contributed by atoms with Gasteiger partial charge in [-0.05, 0) is 32.0 Å². The van der Waals surface area contributed by atoms with Crippen LogP contribution in [0.1, 0.15) is 21.9 Å². The largest absolute Gasteiger partial charge is 0.492 e. The van der Waals surface area contributed by atoms with Crippen LogP contribution in [0.15, 0.2) is 35.1 Å². The Labute approximate surface area is 121 Å². The predicted octanol–water partition coefficient (Wildman–Crippen LogP) is 1.64. The van der Waals surface area contributed by atoms with E-state index in [2.05, 4.69) is 4.98 Å². The molecule has 1 aromatic carbocycles. The van der Waals surface area contributed by atoms with Crippen LogP contribution in [0.2, 0.25) is 0 Å². The molecule has 2 rings (SSSR count). The zero-order valence-electron chi connectivity index (χ0n) is 11.9. The van der Waals surface area contributed by atoms with Gasteiger partial charge in [0.25, 0.3) is 5.56 Å². The van der Waals surface area contributed by atoms with Gasteiger partial charge < -0.3 is 9.84 Å². The molecule has 0 aliphatic heterocycles. The van der Waals surface area contributed by atoms with Crippen LogP contribution in [-0.4, -0.2) is 27.2 Å². The molecule has 0 amide bonds. The van der Waals surface area contributed by atoms with Crippen molar-refractivity contribution in [2.24, 2.45) is 0 Å². The molecule has 21 heavy (non-hydrogen) atoms. The highest BCUT2D eigenvalue weighted by Crippen LogP contribution is 2.13. The standard InChI is InChI=1S/C15H16N2O4/c1-10-8-14(18)17(11(2)16-10)6-7-21-13-5-3-4-12(9-13)15(19)20/h3-5,8-9H,6-7H2,1-2H3,(H,19,20). The van der Waals surface area contributed by atoms with Gasteiger partial charge in [0.2, 0.25) is 0 Å². The lowest BCUT2D eigenvalue weighted by Gasteiger charge is -2.11. The molecule has 0 saturated carbocycles. The minimum absolute atomic E-state index is 0.122. The van der Waals surface area contributed by atoms with Crippen LogP contribution in [0.4, 0.5) is 0 Å². The number of ether oxygens (including phenoxy) is 1. The molecule has 0 spiro atoms.